The fourth-order valence-corrected chi connectivity index (χ4v) is 5.99. The molecule has 22 nitrogen and oxygen atoms in total. The summed E-state index contributed by atoms with van der Waals surface area (Å²) in [6, 6.07) is -0.766. The Bertz CT molecular complexity index is 1300. The molecular formula is C43H81N5O17S. The second-order valence-corrected chi connectivity index (χ2v) is 16.8. The van der Waals surface area contributed by atoms with Crippen LogP contribution in [0.15, 0.2) is 6.20 Å². The molecule has 0 saturated heterocycles. The topological polar surface area (TPSA) is 260 Å². The highest BCUT2D eigenvalue weighted by Gasteiger charge is 2.24. The van der Waals surface area contributed by atoms with E-state index in [9.17, 15) is 14.4 Å². The van der Waals surface area contributed by atoms with Crippen molar-refractivity contribution < 1.29 is 81.1 Å². The first-order chi connectivity index (χ1) is 32.0. The number of carboxylic acid groups (broad SMARTS) is 1. The Hall–Kier alpha value is -2.46. The maximum absolute atomic E-state index is 12.6. The minimum absolute atomic E-state index is 0.0708. The molecule has 2 atom stereocenters. The van der Waals surface area contributed by atoms with Crippen molar-refractivity contribution in [2.24, 2.45) is 11.1 Å². The Morgan fingerprint density at radius 2 is 0.939 bits per heavy atom. The Morgan fingerprint density at radius 3 is 1.26 bits per heavy atom. The average Bonchev–Trinajstić information content (AvgIpc) is 3.74. The molecule has 66 heavy (non-hydrogen) atoms. The molecule has 1 aromatic rings. The third-order valence-electron chi connectivity index (χ3n) is 8.61. The van der Waals surface area contributed by atoms with Crippen LogP contribution < -0.4 is 11.1 Å². The van der Waals surface area contributed by atoms with Gasteiger partial charge in [-0.1, -0.05) is 26.0 Å². The van der Waals surface area contributed by atoms with Crippen LogP contribution in [-0.2, 0) is 89.1 Å². The Balaban J connectivity index is 1.76. The number of thioether (sulfide) groups is 1. The molecule has 1 aromatic heterocycles. The Morgan fingerprint density at radius 1 is 0.606 bits per heavy atom. The summed E-state index contributed by atoms with van der Waals surface area (Å²) in [4.78, 5) is 35.1. The van der Waals surface area contributed by atoms with Gasteiger partial charge in [-0.3, -0.25) is 14.4 Å². The lowest BCUT2D eigenvalue weighted by atomic mass is 9.93. The molecule has 2 unspecified atom stereocenters. The van der Waals surface area contributed by atoms with Crippen LogP contribution in [0.1, 0.15) is 46.2 Å². The lowest BCUT2D eigenvalue weighted by Crippen LogP contribution is -2.37. The molecular weight excluding hydrogens is 891 g/mol. The maximum Gasteiger partial charge on any atom is 0.305 e. The van der Waals surface area contributed by atoms with E-state index in [2.05, 4.69) is 36.4 Å². The van der Waals surface area contributed by atoms with Crippen LogP contribution in [0.2, 0.25) is 0 Å². The van der Waals surface area contributed by atoms with Gasteiger partial charge in [0.15, 0.2) is 0 Å². The number of ether oxygens (including phenoxy) is 13. The van der Waals surface area contributed by atoms with E-state index in [4.69, 9.17) is 72.4 Å². The molecule has 1 rings (SSSR count). The highest BCUT2D eigenvalue weighted by atomic mass is 32.2. The molecule has 0 bridgehead atoms. The summed E-state index contributed by atoms with van der Waals surface area (Å²) in [6.45, 7) is 21.2. The number of amides is 1. The summed E-state index contributed by atoms with van der Waals surface area (Å²) in [5.74, 6) is -1.70. The number of nitrogens with zero attached hydrogens (tertiary/aromatic N) is 3. The number of hydrogen-bond donors (Lipinski definition) is 3. The van der Waals surface area contributed by atoms with Crippen LogP contribution >= 0.6 is 11.8 Å². The van der Waals surface area contributed by atoms with Crippen molar-refractivity contribution in [3.63, 3.8) is 0 Å². The second kappa shape index (κ2) is 43.8. The maximum atomic E-state index is 12.6. The third-order valence-corrected chi connectivity index (χ3v) is 9.94. The van der Waals surface area contributed by atoms with Gasteiger partial charge in [-0.05, 0) is 18.8 Å². The van der Waals surface area contributed by atoms with Gasteiger partial charge in [-0.25, -0.2) is 4.68 Å². The van der Waals surface area contributed by atoms with Crippen molar-refractivity contribution in [3.8, 4) is 0 Å². The van der Waals surface area contributed by atoms with Crippen LogP contribution in [0.3, 0.4) is 0 Å². The van der Waals surface area contributed by atoms with Gasteiger partial charge in [0.05, 0.1) is 202 Å². The quantitative estimate of drug-likeness (QED) is 0.0771. The highest BCUT2D eigenvalue weighted by molar-refractivity contribution is 8.00. The third kappa shape index (κ3) is 41.7. The minimum Gasteiger partial charge on any atom is -0.481 e. The van der Waals surface area contributed by atoms with E-state index >= 15 is 0 Å². The normalized spacial score (nSPS) is 12.7. The van der Waals surface area contributed by atoms with Crippen molar-refractivity contribution in [2.45, 2.75) is 64.9 Å². The van der Waals surface area contributed by atoms with Gasteiger partial charge < -0.3 is 77.7 Å². The van der Waals surface area contributed by atoms with Crippen LogP contribution in [0.4, 0.5) is 0 Å². The SMILES string of the molecule is CC(=O)C(N)CSC(CC(=O)O)C(=O)NCc1cn(CCOCCOCCOCCOCCOCCOCCOCCOCCOCCOCCOCCOCCOCCC(C)(C)C)nn1. The van der Waals surface area contributed by atoms with Crippen molar-refractivity contribution in [1.82, 2.24) is 20.3 Å². The molecule has 0 aliphatic heterocycles. The molecule has 0 aliphatic rings. The van der Waals surface area contributed by atoms with Crippen molar-refractivity contribution in [2.75, 3.05) is 178 Å². The van der Waals surface area contributed by atoms with Crippen molar-refractivity contribution in [1.29, 1.82) is 0 Å². The van der Waals surface area contributed by atoms with Crippen LogP contribution in [-0.4, -0.2) is 227 Å². The largest absolute Gasteiger partial charge is 0.481 e. The first-order valence-electron chi connectivity index (χ1n) is 22.7. The zero-order valence-corrected chi connectivity index (χ0v) is 40.8. The summed E-state index contributed by atoms with van der Waals surface area (Å²) in [7, 11) is 0. The summed E-state index contributed by atoms with van der Waals surface area (Å²) in [5.41, 5.74) is 6.50. The van der Waals surface area contributed by atoms with Crippen LogP contribution in [0.5, 0.6) is 0 Å². The molecule has 0 fully saturated rings. The van der Waals surface area contributed by atoms with Gasteiger partial charge in [0.25, 0.3) is 0 Å². The molecule has 0 aromatic carbocycles. The van der Waals surface area contributed by atoms with E-state index in [0.29, 0.717) is 183 Å². The lowest BCUT2D eigenvalue weighted by Gasteiger charge is -2.17. The molecule has 1 amide bonds. The Labute approximate surface area is 395 Å². The molecule has 0 aliphatic carbocycles. The molecule has 0 radical (unpaired) electrons. The summed E-state index contributed by atoms with van der Waals surface area (Å²) >= 11 is 1.03. The predicted molar refractivity (Wildman–Crippen MR) is 244 cm³/mol. The average molecular weight is 972 g/mol. The fraction of sp³-hybridized carbons (Fsp3) is 0.884. The van der Waals surface area contributed by atoms with Gasteiger partial charge in [-0.2, -0.15) is 0 Å². The van der Waals surface area contributed by atoms with Crippen molar-refractivity contribution >= 4 is 29.4 Å². The lowest BCUT2D eigenvalue weighted by molar-refractivity contribution is -0.138. The summed E-state index contributed by atoms with van der Waals surface area (Å²) < 4.78 is 73.2. The molecule has 0 spiro atoms. The smallest absolute Gasteiger partial charge is 0.305 e. The van der Waals surface area contributed by atoms with Crippen LogP contribution in [0.25, 0.3) is 0 Å². The van der Waals surface area contributed by atoms with Crippen LogP contribution in [0, 0.1) is 5.41 Å². The van der Waals surface area contributed by atoms with E-state index in [1.165, 1.54) is 6.92 Å². The number of hydrogen-bond acceptors (Lipinski definition) is 20. The van der Waals surface area contributed by atoms with Gasteiger partial charge in [-0.15, -0.1) is 16.9 Å². The number of rotatable bonds is 50. The first kappa shape index (κ1) is 61.6. The van der Waals surface area contributed by atoms with E-state index in [1.807, 2.05) is 0 Å². The number of carbonyl (C=O) groups excluding carboxylic acids is 2. The van der Waals surface area contributed by atoms with Gasteiger partial charge in [0.1, 0.15) is 11.5 Å². The number of carboxylic acids is 1. The summed E-state index contributed by atoms with van der Waals surface area (Å²) in [5, 5.41) is 19.0. The van der Waals surface area contributed by atoms with Crippen molar-refractivity contribution in [3.05, 3.63) is 11.9 Å². The molecule has 4 N–H and O–H groups in total. The van der Waals surface area contributed by atoms with E-state index in [1.54, 1.807) is 10.9 Å². The second-order valence-electron chi connectivity index (χ2n) is 15.6. The number of carbonyl (C=O) groups is 3. The fourth-order valence-electron chi connectivity index (χ4n) is 4.82. The monoisotopic (exact) mass is 972 g/mol. The highest BCUT2D eigenvalue weighted by Crippen LogP contribution is 2.18. The molecule has 23 heteroatoms. The Kier molecular flexibility index (Phi) is 40.8. The van der Waals surface area contributed by atoms with Gasteiger partial charge in [0, 0.05) is 12.4 Å². The first-order valence-corrected chi connectivity index (χ1v) is 23.8. The number of nitrogens with two attached hydrogens (primary N) is 1. The predicted octanol–water partition coefficient (Wildman–Crippen LogP) is 1.04. The number of aromatic nitrogens is 3. The molecule has 386 valence electrons. The van der Waals surface area contributed by atoms with Gasteiger partial charge in [0.2, 0.25) is 5.91 Å². The zero-order chi connectivity index (χ0) is 48.2. The standard InChI is InChI=1S/C43H81N5O17S/c1-37(49)39(44)36-66-40(33-41(50)51)42(52)45-34-38-35-48(47-46-38)6-8-54-10-12-56-14-16-58-18-20-60-22-24-62-26-28-64-30-32-65-31-29-63-27-25-61-23-21-59-19-17-57-15-13-55-11-9-53-7-5-43(2,3)4/h35,39-40H,5-34,36,44H2,1-4H3,(H,45,52)(H,50,51). The summed E-state index contributed by atoms with van der Waals surface area (Å²) in [6.07, 6.45) is 2.30. The van der Waals surface area contributed by atoms with E-state index in [0.717, 1.165) is 24.8 Å². The molecule has 0 saturated carbocycles. The number of ketones is 1. The van der Waals surface area contributed by atoms with Gasteiger partial charge >= 0.3 is 5.97 Å². The van der Waals surface area contributed by atoms with E-state index < -0.39 is 29.6 Å². The van der Waals surface area contributed by atoms with E-state index in [-0.39, 0.29) is 18.1 Å². The molecule has 1 heterocycles. The number of nitrogens with one attached hydrogen (secondary N) is 1. The number of Topliss-reactive ketones (excluding diaryl/α,β-unsaturated/α-hetero) is 1. The zero-order valence-electron chi connectivity index (χ0n) is 40.0. The minimum atomic E-state index is -1.13. The number of aliphatic carboxylic acids is 1.